The zero-order valence-corrected chi connectivity index (χ0v) is 9.32. The Morgan fingerprint density at radius 3 is 2.21 bits per heavy atom. The maximum Gasteiger partial charge on any atom is 0.133 e. The van der Waals surface area contributed by atoms with Gasteiger partial charge in [-0.05, 0) is 24.8 Å². The molecule has 0 N–H and O–H groups in total. The molecule has 1 fully saturated rings. The quantitative estimate of drug-likeness (QED) is 0.685. The number of carbonyl (C=O) groups excluding carboxylic acids is 1. The second-order valence-electron chi connectivity index (χ2n) is 4.54. The van der Waals surface area contributed by atoms with Crippen molar-refractivity contribution in [1.29, 1.82) is 0 Å². The van der Waals surface area contributed by atoms with Gasteiger partial charge in [-0.3, -0.25) is 9.48 Å². The van der Waals surface area contributed by atoms with Crippen molar-refractivity contribution >= 4 is 5.78 Å². The lowest BCUT2D eigenvalue weighted by Crippen LogP contribution is -1.99. The van der Waals surface area contributed by atoms with Crippen LogP contribution in [0.2, 0.25) is 0 Å². The van der Waals surface area contributed by atoms with Crippen LogP contribution in [0.4, 0.5) is 0 Å². The third-order valence-corrected chi connectivity index (χ3v) is 2.64. The fourth-order valence-corrected chi connectivity index (χ4v) is 1.51. The standard InChI is InChI=1S/C7H12O.C4H6N2/c1-5(8)6-4-7(6,2)3;1-6-4-2-3-5-6/h6H,4H2,1-3H3;2-4H,1H3. The second kappa shape index (κ2) is 3.95. The molecule has 1 aromatic heterocycles. The van der Waals surface area contributed by atoms with Crippen LogP contribution in [0.15, 0.2) is 18.5 Å². The van der Waals surface area contributed by atoms with Crippen LogP contribution in [-0.2, 0) is 11.8 Å². The highest BCUT2D eigenvalue weighted by Gasteiger charge is 2.48. The van der Waals surface area contributed by atoms with E-state index in [0.717, 1.165) is 6.42 Å². The minimum atomic E-state index is 0.339. The highest BCUT2D eigenvalue weighted by molar-refractivity contribution is 5.81. The van der Waals surface area contributed by atoms with Crippen LogP contribution in [0, 0.1) is 11.3 Å². The second-order valence-corrected chi connectivity index (χ2v) is 4.54. The van der Waals surface area contributed by atoms with Crippen LogP contribution in [0.25, 0.3) is 0 Å². The fraction of sp³-hybridized carbons (Fsp3) is 0.636. The van der Waals surface area contributed by atoms with Crippen molar-refractivity contribution in [3.8, 4) is 0 Å². The molecule has 78 valence electrons. The van der Waals surface area contributed by atoms with Gasteiger partial charge < -0.3 is 0 Å². The third kappa shape index (κ3) is 2.98. The average molecular weight is 194 g/mol. The smallest absolute Gasteiger partial charge is 0.133 e. The Morgan fingerprint density at radius 1 is 1.57 bits per heavy atom. The normalized spacial score (nSPS) is 22.1. The van der Waals surface area contributed by atoms with Gasteiger partial charge in [0.1, 0.15) is 5.78 Å². The maximum atomic E-state index is 10.6. The van der Waals surface area contributed by atoms with Crippen molar-refractivity contribution in [2.45, 2.75) is 27.2 Å². The number of hydrogen-bond donors (Lipinski definition) is 0. The van der Waals surface area contributed by atoms with E-state index < -0.39 is 0 Å². The lowest BCUT2D eigenvalue weighted by Gasteiger charge is -1.95. The molecule has 0 aromatic carbocycles. The Morgan fingerprint density at radius 2 is 2.14 bits per heavy atom. The number of Topliss-reactive ketones (excluding diaryl/α,β-unsaturated/α-hetero) is 1. The van der Waals surface area contributed by atoms with Crippen molar-refractivity contribution in [2.24, 2.45) is 18.4 Å². The molecule has 1 aliphatic rings. The minimum absolute atomic E-state index is 0.339. The van der Waals surface area contributed by atoms with Crippen LogP contribution in [0.1, 0.15) is 27.2 Å². The Kier molecular flexibility index (Phi) is 3.09. The highest BCUT2D eigenvalue weighted by Crippen LogP contribution is 2.51. The number of hydrogen-bond acceptors (Lipinski definition) is 2. The summed E-state index contributed by atoms with van der Waals surface area (Å²) >= 11 is 0. The molecule has 3 nitrogen and oxygen atoms in total. The molecule has 1 unspecified atom stereocenters. The topological polar surface area (TPSA) is 34.9 Å². The first-order valence-corrected chi connectivity index (χ1v) is 4.87. The number of ketones is 1. The van der Waals surface area contributed by atoms with Crippen molar-refractivity contribution < 1.29 is 4.79 Å². The van der Waals surface area contributed by atoms with Crippen molar-refractivity contribution in [3.63, 3.8) is 0 Å². The molecule has 0 amide bonds. The SMILES string of the molecule is CC(=O)C1CC1(C)C.Cn1cccn1. The largest absolute Gasteiger partial charge is 0.300 e. The summed E-state index contributed by atoms with van der Waals surface area (Å²) in [4.78, 5) is 10.6. The van der Waals surface area contributed by atoms with Crippen LogP contribution < -0.4 is 0 Å². The van der Waals surface area contributed by atoms with Crippen LogP contribution in [-0.4, -0.2) is 15.6 Å². The summed E-state index contributed by atoms with van der Waals surface area (Å²) in [5, 5.41) is 3.83. The number of aromatic nitrogens is 2. The first-order chi connectivity index (χ1) is 6.43. The molecule has 1 heterocycles. The van der Waals surface area contributed by atoms with Gasteiger partial charge in [-0.25, -0.2) is 0 Å². The summed E-state index contributed by atoms with van der Waals surface area (Å²) in [7, 11) is 1.89. The molecule has 0 aliphatic heterocycles. The maximum absolute atomic E-state index is 10.6. The van der Waals surface area contributed by atoms with Gasteiger partial charge >= 0.3 is 0 Å². The summed E-state index contributed by atoms with van der Waals surface area (Å²) in [5.41, 5.74) is 0.339. The van der Waals surface area contributed by atoms with Crippen molar-refractivity contribution in [3.05, 3.63) is 18.5 Å². The molecular weight excluding hydrogens is 176 g/mol. The summed E-state index contributed by atoms with van der Waals surface area (Å²) in [6.45, 7) is 5.96. The summed E-state index contributed by atoms with van der Waals surface area (Å²) in [6.07, 6.45) is 4.74. The summed E-state index contributed by atoms with van der Waals surface area (Å²) < 4.78 is 1.75. The third-order valence-electron chi connectivity index (χ3n) is 2.64. The van der Waals surface area contributed by atoms with E-state index >= 15 is 0 Å². The van der Waals surface area contributed by atoms with E-state index in [2.05, 4.69) is 18.9 Å². The van der Waals surface area contributed by atoms with Gasteiger partial charge in [-0.1, -0.05) is 13.8 Å². The molecule has 0 radical (unpaired) electrons. The molecule has 2 rings (SSSR count). The fourth-order valence-electron chi connectivity index (χ4n) is 1.51. The van der Waals surface area contributed by atoms with E-state index in [4.69, 9.17) is 0 Å². The van der Waals surface area contributed by atoms with Crippen LogP contribution in [0.3, 0.4) is 0 Å². The zero-order chi connectivity index (χ0) is 10.8. The number of rotatable bonds is 1. The minimum Gasteiger partial charge on any atom is -0.300 e. The molecule has 0 spiro atoms. The average Bonchev–Trinajstić information content (AvgIpc) is 2.50. The Labute approximate surface area is 85.1 Å². The first kappa shape index (κ1) is 11.0. The molecule has 1 saturated carbocycles. The number of carbonyl (C=O) groups is 1. The van der Waals surface area contributed by atoms with Crippen molar-refractivity contribution in [1.82, 2.24) is 9.78 Å². The summed E-state index contributed by atoms with van der Waals surface area (Å²) in [6, 6.07) is 1.89. The van der Waals surface area contributed by atoms with E-state index in [1.54, 1.807) is 17.8 Å². The van der Waals surface area contributed by atoms with Gasteiger partial charge in [-0.2, -0.15) is 5.10 Å². The Hall–Kier alpha value is -1.12. The Bertz CT molecular complexity index is 301. The monoisotopic (exact) mass is 194 g/mol. The molecule has 0 saturated heterocycles. The van der Waals surface area contributed by atoms with Crippen LogP contribution >= 0.6 is 0 Å². The first-order valence-electron chi connectivity index (χ1n) is 4.87. The van der Waals surface area contributed by atoms with Gasteiger partial charge in [-0.15, -0.1) is 0 Å². The van der Waals surface area contributed by atoms with Gasteiger partial charge in [0, 0.05) is 25.4 Å². The van der Waals surface area contributed by atoms with E-state index in [-0.39, 0.29) is 0 Å². The molecule has 1 aromatic rings. The molecule has 3 heteroatoms. The number of aryl methyl sites for hydroxylation is 1. The zero-order valence-electron chi connectivity index (χ0n) is 9.32. The molecule has 0 bridgehead atoms. The molecule has 14 heavy (non-hydrogen) atoms. The van der Waals surface area contributed by atoms with Gasteiger partial charge in [0.25, 0.3) is 0 Å². The van der Waals surface area contributed by atoms with E-state index in [0.29, 0.717) is 17.1 Å². The number of nitrogens with zero attached hydrogens (tertiary/aromatic N) is 2. The predicted octanol–water partition coefficient (Wildman–Crippen LogP) is 2.04. The van der Waals surface area contributed by atoms with Crippen LogP contribution in [0.5, 0.6) is 0 Å². The van der Waals surface area contributed by atoms with E-state index in [1.807, 2.05) is 19.3 Å². The van der Waals surface area contributed by atoms with E-state index in [1.165, 1.54) is 0 Å². The predicted molar refractivity (Wildman–Crippen MR) is 55.8 cm³/mol. The van der Waals surface area contributed by atoms with Crippen molar-refractivity contribution in [2.75, 3.05) is 0 Å². The molecule has 1 aliphatic carbocycles. The molecular formula is C11H18N2O. The Balaban J connectivity index is 0.000000146. The lowest BCUT2D eigenvalue weighted by atomic mass is 10.1. The highest BCUT2D eigenvalue weighted by atomic mass is 16.1. The van der Waals surface area contributed by atoms with E-state index in [9.17, 15) is 4.79 Å². The summed E-state index contributed by atoms with van der Waals surface area (Å²) in [5.74, 6) is 0.734. The van der Waals surface area contributed by atoms with Gasteiger partial charge in [0.2, 0.25) is 0 Å². The molecule has 1 atom stereocenters. The van der Waals surface area contributed by atoms with Gasteiger partial charge in [0.05, 0.1) is 0 Å². The van der Waals surface area contributed by atoms with Gasteiger partial charge in [0.15, 0.2) is 0 Å². The lowest BCUT2D eigenvalue weighted by molar-refractivity contribution is -0.118.